The van der Waals surface area contributed by atoms with E-state index >= 15 is 0 Å². The molecule has 0 aliphatic heterocycles. The van der Waals surface area contributed by atoms with E-state index in [4.69, 9.17) is 0 Å². The third kappa shape index (κ3) is 7.41. The zero-order valence-electron chi connectivity index (χ0n) is 26.3. The molecule has 4 rings (SSSR count). The highest BCUT2D eigenvalue weighted by atomic mass is 79.9. The molecule has 0 radical (unpaired) electrons. The van der Waals surface area contributed by atoms with Crippen LogP contribution in [-0.2, 0) is 30.1 Å². The number of phenolic OH excluding ortho intramolecular Hbond substituents is 4. The molecule has 0 saturated heterocycles. The summed E-state index contributed by atoms with van der Waals surface area (Å²) in [6.45, 7) is 16.3. The highest BCUT2D eigenvalue weighted by molar-refractivity contribution is 9.10. The molecule has 0 aliphatic rings. The quantitative estimate of drug-likeness (QED) is 0.161. The van der Waals surface area contributed by atoms with Gasteiger partial charge in [0, 0.05) is 17.5 Å². The van der Waals surface area contributed by atoms with E-state index in [-0.39, 0.29) is 33.8 Å². The average molecular weight is 711 g/mol. The number of benzene rings is 4. The molecule has 0 aliphatic carbocycles. The highest BCUT2D eigenvalue weighted by Crippen LogP contribution is 2.40. The van der Waals surface area contributed by atoms with Crippen LogP contribution in [0, 0.1) is 13.8 Å². The third-order valence-electron chi connectivity index (χ3n) is 7.94. The lowest BCUT2D eigenvalue weighted by atomic mass is 9.84. The van der Waals surface area contributed by atoms with Gasteiger partial charge < -0.3 is 20.4 Å². The molecular formula is C37H42Br2O4. The van der Waals surface area contributed by atoms with Gasteiger partial charge in [-0.15, -0.1) is 0 Å². The standard InChI is InChI=1S/C37H42Br2O4/c1-20-9-22(11-24-15-28(36(3,4)5)34(42)30(38)17-24)13-26(32(20)40)19-27-14-23(10-21(2)33(27)41)12-25-16-29(37(6,7)8)35(43)31(39)18-25/h9-10,13-18,40-43H,11-12,19H2,1-8H3. The van der Waals surface area contributed by atoms with Crippen molar-refractivity contribution < 1.29 is 20.4 Å². The molecule has 0 aromatic heterocycles. The first-order valence-electron chi connectivity index (χ1n) is 14.5. The summed E-state index contributed by atoms with van der Waals surface area (Å²) in [4.78, 5) is 0. The zero-order valence-corrected chi connectivity index (χ0v) is 29.5. The molecule has 0 amide bonds. The predicted molar refractivity (Wildman–Crippen MR) is 183 cm³/mol. The highest BCUT2D eigenvalue weighted by Gasteiger charge is 2.23. The molecular weight excluding hydrogens is 668 g/mol. The van der Waals surface area contributed by atoms with Crippen molar-refractivity contribution in [3.63, 3.8) is 0 Å². The van der Waals surface area contributed by atoms with Crippen LogP contribution in [0.5, 0.6) is 23.0 Å². The first-order chi connectivity index (χ1) is 19.8. The summed E-state index contributed by atoms with van der Waals surface area (Å²) in [6, 6.07) is 16.0. The topological polar surface area (TPSA) is 80.9 Å². The van der Waals surface area contributed by atoms with E-state index in [2.05, 4.69) is 73.4 Å². The van der Waals surface area contributed by atoms with Crippen molar-refractivity contribution in [3.05, 3.63) is 113 Å². The number of aryl methyl sites for hydroxylation is 2. The lowest BCUT2D eigenvalue weighted by Crippen LogP contribution is -2.12. The van der Waals surface area contributed by atoms with E-state index in [1.54, 1.807) is 0 Å². The summed E-state index contributed by atoms with van der Waals surface area (Å²) < 4.78 is 1.33. The summed E-state index contributed by atoms with van der Waals surface area (Å²) >= 11 is 7.04. The van der Waals surface area contributed by atoms with Gasteiger partial charge in [0.15, 0.2) is 0 Å². The molecule has 4 aromatic rings. The molecule has 0 saturated carbocycles. The molecule has 0 fully saturated rings. The molecule has 0 spiro atoms. The summed E-state index contributed by atoms with van der Waals surface area (Å²) in [7, 11) is 0. The van der Waals surface area contributed by atoms with Gasteiger partial charge >= 0.3 is 0 Å². The van der Waals surface area contributed by atoms with Gasteiger partial charge in [-0.1, -0.05) is 77.9 Å². The van der Waals surface area contributed by atoms with Crippen LogP contribution in [0.4, 0.5) is 0 Å². The SMILES string of the molecule is Cc1cc(Cc2cc(Br)c(O)c(C(C)(C)C)c2)cc(Cc2cc(Cc3cc(Br)c(O)c(C(C)(C)C)c3)cc(C)c2O)c1O. The summed E-state index contributed by atoms with van der Waals surface area (Å²) in [5.41, 5.74) is 8.55. The Kier molecular flexibility index (Phi) is 9.35. The Bertz CT molecular complexity index is 1570. The molecule has 228 valence electrons. The van der Waals surface area contributed by atoms with Crippen molar-refractivity contribution in [2.24, 2.45) is 0 Å². The minimum absolute atomic E-state index is 0.219. The van der Waals surface area contributed by atoms with Crippen molar-refractivity contribution in [2.45, 2.75) is 85.5 Å². The molecule has 4 N–H and O–H groups in total. The maximum absolute atomic E-state index is 11.1. The summed E-state index contributed by atoms with van der Waals surface area (Å²) in [6.07, 6.45) is 1.64. The van der Waals surface area contributed by atoms with Gasteiger partial charge in [-0.25, -0.2) is 0 Å². The lowest BCUT2D eigenvalue weighted by molar-refractivity contribution is 0.442. The van der Waals surface area contributed by atoms with Crippen molar-refractivity contribution in [3.8, 4) is 23.0 Å². The Balaban J connectivity index is 1.68. The van der Waals surface area contributed by atoms with Gasteiger partial charge in [0.05, 0.1) is 8.95 Å². The van der Waals surface area contributed by atoms with Gasteiger partial charge in [-0.2, -0.15) is 0 Å². The second kappa shape index (κ2) is 12.2. The van der Waals surface area contributed by atoms with Crippen LogP contribution in [0.3, 0.4) is 0 Å². The van der Waals surface area contributed by atoms with E-state index in [9.17, 15) is 20.4 Å². The van der Waals surface area contributed by atoms with Crippen LogP contribution < -0.4 is 0 Å². The molecule has 0 bridgehead atoms. The van der Waals surface area contributed by atoms with E-state index in [0.717, 1.165) is 55.6 Å². The van der Waals surface area contributed by atoms with E-state index in [1.165, 1.54) is 0 Å². The molecule has 4 nitrogen and oxygen atoms in total. The number of phenols is 4. The van der Waals surface area contributed by atoms with Crippen LogP contribution in [0.25, 0.3) is 0 Å². The third-order valence-corrected chi connectivity index (χ3v) is 9.15. The van der Waals surface area contributed by atoms with Gasteiger partial charge in [0.25, 0.3) is 0 Å². The first-order valence-corrected chi connectivity index (χ1v) is 16.1. The van der Waals surface area contributed by atoms with E-state index in [0.29, 0.717) is 28.2 Å². The smallest absolute Gasteiger partial charge is 0.133 e. The van der Waals surface area contributed by atoms with Crippen molar-refractivity contribution in [1.29, 1.82) is 0 Å². The Hall–Kier alpha value is -2.96. The van der Waals surface area contributed by atoms with E-state index < -0.39 is 0 Å². The van der Waals surface area contributed by atoms with Crippen LogP contribution in [-0.4, -0.2) is 20.4 Å². The number of rotatable bonds is 6. The number of aromatic hydroxyl groups is 4. The molecule has 6 heteroatoms. The largest absolute Gasteiger partial charge is 0.507 e. The molecule has 0 heterocycles. The maximum atomic E-state index is 11.1. The Morgan fingerprint density at radius 3 is 1.12 bits per heavy atom. The fourth-order valence-corrected chi connectivity index (χ4v) is 6.69. The summed E-state index contributed by atoms with van der Waals surface area (Å²) in [5, 5.41) is 43.4. The number of hydrogen-bond donors (Lipinski definition) is 4. The van der Waals surface area contributed by atoms with Crippen LogP contribution in [0.1, 0.15) is 97.2 Å². The van der Waals surface area contributed by atoms with E-state index in [1.807, 2.05) is 62.4 Å². The molecule has 0 atom stereocenters. The summed E-state index contributed by atoms with van der Waals surface area (Å²) in [5.74, 6) is 0.981. The molecule has 0 unspecified atom stereocenters. The zero-order chi connectivity index (χ0) is 32.0. The Morgan fingerprint density at radius 2 is 0.791 bits per heavy atom. The van der Waals surface area contributed by atoms with Crippen molar-refractivity contribution in [1.82, 2.24) is 0 Å². The fourth-order valence-electron chi connectivity index (χ4n) is 5.68. The van der Waals surface area contributed by atoms with Gasteiger partial charge in [-0.3, -0.25) is 0 Å². The van der Waals surface area contributed by atoms with Crippen LogP contribution in [0.2, 0.25) is 0 Å². The molecule has 4 aromatic carbocycles. The normalized spacial score (nSPS) is 12.1. The van der Waals surface area contributed by atoms with Crippen molar-refractivity contribution >= 4 is 31.9 Å². The minimum Gasteiger partial charge on any atom is -0.507 e. The predicted octanol–water partition coefficient (Wildman–Crippen LogP) is 10.0. The first kappa shape index (κ1) is 32.9. The second-order valence-electron chi connectivity index (χ2n) is 13.8. The molecule has 43 heavy (non-hydrogen) atoms. The van der Waals surface area contributed by atoms with Crippen molar-refractivity contribution in [2.75, 3.05) is 0 Å². The minimum atomic E-state index is -0.219. The second-order valence-corrected chi connectivity index (χ2v) is 15.5. The number of hydrogen-bond acceptors (Lipinski definition) is 4. The monoisotopic (exact) mass is 708 g/mol. The van der Waals surface area contributed by atoms with Gasteiger partial charge in [0.2, 0.25) is 0 Å². The fraction of sp³-hybridized carbons (Fsp3) is 0.351. The number of halogens is 2. The maximum Gasteiger partial charge on any atom is 0.133 e. The van der Waals surface area contributed by atoms with Crippen LogP contribution >= 0.6 is 31.9 Å². The average Bonchev–Trinajstić information content (AvgIpc) is 2.87. The van der Waals surface area contributed by atoms with Gasteiger partial charge in [0.1, 0.15) is 23.0 Å². The Labute approximate surface area is 272 Å². The van der Waals surface area contributed by atoms with Crippen LogP contribution in [0.15, 0.2) is 57.5 Å². The Morgan fingerprint density at radius 1 is 0.465 bits per heavy atom. The lowest BCUT2D eigenvalue weighted by Gasteiger charge is -2.22. The van der Waals surface area contributed by atoms with Gasteiger partial charge in [-0.05, 0) is 126 Å².